The van der Waals surface area contributed by atoms with Crippen molar-refractivity contribution in [3.63, 3.8) is 0 Å². The molecule has 0 fully saturated rings. The summed E-state index contributed by atoms with van der Waals surface area (Å²) in [6, 6.07) is 3.77. The van der Waals surface area contributed by atoms with Crippen molar-refractivity contribution < 1.29 is 0 Å². The number of rotatable bonds is 3. The first kappa shape index (κ1) is 10.3. The zero-order chi connectivity index (χ0) is 11.5. The third-order valence-corrected chi connectivity index (χ3v) is 1.83. The van der Waals surface area contributed by atoms with Gasteiger partial charge in [-0.3, -0.25) is 0 Å². The molecule has 2 rings (SSSR count). The van der Waals surface area contributed by atoms with E-state index in [1.54, 1.807) is 18.3 Å². The van der Waals surface area contributed by atoms with E-state index >= 15 is 0 Å². The molecule has 0 aliphatic heterocycles. The molecule has 0 atom stereocenters. The first-order valence-electron chi connectivity index (χ1n) is 4.94. The monoisotopic (exact) mass is 219 g/mol. The molecule has 16 heavy (non-hydrogen) atoms. The second kappa shape index (κ2) is 4.13. The molecule has 3 N–H and O–H groups in total. The van der Waals surface area contributed by atoms with E-state index < -0.39 is 0 Å². The highest BCUT2D eigenvalue weighted by atomic mass is 15.4. The highest BCUT2D eigenvalue weighted by Gasteiger charge is 2.09. The van der Waals surface area contributed by atoms with Crippen LogP contribution in [0.3, 0.4) is 0 Å². The van der Waals surface area contributed by atoms with E-state index in [4.69, 9.17) is 5.73 Å². The van der Waals surface area contributed by atoms with E-state index in [1.165, 1.54) is 4.68 Å². The predicted octanol–water partition coefficient (Wildman–Crippen LogP) is 0.460. The van der Waals surface area contributed by atoms with Crippen molar-refractivity contribution in [3.05, 3.63) is 18.3 Å². The lowest BCUT2D eigenvalue weighted by molar-refractivity contribution is 0.810. The molecule has 0 saturated heterocycles. The van der Waals surface area contributed by atoms with Crippen molar-refractivity contribution in [2.45, 2.75) is 19.9 Å². The Bertz CT molecular complexity index is 462. The second-order valence-corrected chi connectivity index (χ2v) is 3.59. The zero-order valence-electron chi connectivity index (χ0n) is 9.12. The predicted molar refractivity (Wildman–Crippen MR) is 60.1 cm³/mol. The van der Waals surface area contributed by atoms with Crippen LogP contribution < -0.4 is 11.1 Å². The number of nitrogens with one attached hydrogen (secondary N) is 1. The summed E-state index contributed by atoms with van der Waals surface area (Å²) in [5.74, 6) is 1.31. The van der Waals surface area contributed by atoms with Crippen LogP contribution in [0.15, 0.2) is 18.3 Å². The minimum absolute atomic E-state index is 0.247. The maximum Gasteiger partial charge on any atom is 0.244 e. The lowest BCUT2D eigenvalue weighted by Gasteiger charge is -2.03. The van der Waals surface area contributed by atoms with E-state index in [1.807, 2.05) is 13.8 Å². The first-order valence-corrected chi connectivity index (χ1v) is 4.94. The van der Waals surface area contributed by atoms with Gasteiger partial charge in [0.15, 0.2) is 5.82 Å². The molecule has 0 unspecified atom stereocenters. The van der Waals surface area contributed by atoms with Gasteiger partial charge in [0.2, 0.25) is 11.9 Å². The van der Waals surface area contributed by atoms with Gasteiger partial charge < -0.3 is 11.1 Å². The fourth-order valence-corrected chi connectivity index (χ4v) is 1.22. The van der Waals surface area contributed by atoms with Crippen LogP contribution in [0, 0.1) is 0 Å². The molecule has 0 aliphatic rings. The molecule has 0 spiro atoms. The molecule has 0 amide bonds. The SMILES string of the molecule is CC(C)Nc1nc(N)n(-c2cccnn2)n1. The fourth-order valence-electron chi connectivity index (χ4n) is 1.22. The molecule has 7 nitrogen and oxygen atoms in total. The van der Waals surface area contributed by atoms with Crippen LogP contribution in [0.1, 0.15) is 13.8 Å². The molecule has 2 aromatic heterocycles. The van der Waals surface area contributed by atoms with Gasteiger partial charge in [0.1, 0.15) is 0 Å². The Kier molecular flexibility index (Phi) is 2.67. The van der Waals surface area contributed by atoms with Gasteiger partial charge in [-0.15, -0.1) is 10.2 Å². The Hall–Kier alpha value is -2.18. The molecule has 7 heteroatoms. The highest BCUT2D eigenvalue weighted by Crippen LogP contribution is 2.10. The Morgan fingerprint density at radius 3 is 2.88 bits per heavy atom. The van der Waals surface area contributed by atoms with Gasteiger partial charge in [0.05, 0.1) is 0 Å². The molecule has 0 bridgehead atoms. The normalized spacial score (nSPS) is 10.7. The van der Waals surface area contributed by atoms with E-state index in [2.05, 4.69) is 25.6 Å². The smallest absolute Gasteiger partial charge is 0.244 e. The average Bonchev–Trinajstić information content (AvgIpc) is 2.60. The lowest BCUT2D eigenvalue weighted by atomic mass is 10.4. The second-order valence-electron chi connectivity index (χ2n) is 3.59. The molecule has 2 heterocycles. The first-order chi connectivity index (χ1) is 7.66. The van der Waals surface area contributed by atoms with Gasteiger partial charge in [0, 0.05) is 12.2 Å². The van der Waals surface area contributed by atoms with Crippen molar-refractivity contribution in [2.75, 3.05) is 11.1 Å². The summed E-state index contributed by atoms with van der Waals surface area (Å²) in [7, 11) is 0. The van der Waals surface area contributed by atoms with Crippen molar-refractivity contribution in [1.82, 2.24) is 25.0 Å². The van der Waals surface area contributed by atoms with Crippen LogP contribution >= 0.6 is 0 Å². The van der Waals surface area contributed by atoms with Crippen LogP contribution in [0.4, 0.5) is 11.9 Å². The Morgan fingerprint density at radius 1 is 1.44 bits per heavy atom. The summed E-state index contributed by atoms with van der Waals surface area (Å²) < 4.78 is 1.44. The quantitative estimate of drug-likeness (QED) is 0.778. The average molecular weight is 219 g/mol. The topological polar surface area (TPSA) is 94.5 Å². The van der Waals surface area contributed by atoms with E-state index in [0.717, 1.165) is 0 Å². The van der Waals surface area contributed by atoms with Gasteiger partial charge in [-0.05, 0) is 26.0 Å². The van der Waals surface area contributed by atoms with E-state index in [0.29, 0.717) is 11.8 Å². The number of anilines is 2. The zero-order valence-corrected chi connectivity index (χ0v) is 9.12. The molecule has 0 radical (unpaired) electrons. The molecule has 0 aliphatic carbocycles. The van der Waals surface area contributed by atoms with Crippen LogP contribution in [-0.2, 0) is 0 Å². The third kappa shape index (κ3) is 2.08. The van der Waals surface area contributed by atoms with Gasteiger partial charge >= 0.3 is 0 Å². The van der Waals surface area contributed by atoms with Gasteiger partial charge in [-0.25, -0.2) is 0 Å². The van der Waals surface area contributed by atoms with Crippen molar-refractivity contribution >= 4 is 11.9 Å². The molecular formula is C9H13N7. The number of nitrogen functional groups attached to an aromatic ring is 1. The highest BCUT2D eigenvalue weighted by molar-refractivity contribution is 5.38. The van der Waals surface area contributed by atoms with E-state index in [-0.39, 0.29) is 12.0 Å². The number of hydrogen-bond acceptors (Lipinski definition) is 6. The Labute approximate surface area is 92.7 Å². The maximum atomic E-state index is 5.73. The molecule has 0 aromatic carbocycles. The van der Waals surface area contributed by atoms with Gasteiger partial charge in [-0.2, -0.15) is 14.8 Å². The van der Waals surface area contributed by atoms with Crippen molar-refractivity contribution in [1.29, 1.82) is 0 Å². The summed E-state index contributed by atoms with van der Waals surface area (Å²) in [4.78, 5) is 4.08. The summed E-state index contributed by atoms with van der Waals surface area (Å²) in [6.45, 7) is 4.00. The van der Waals surface area contributed by atoms with Crippen molar-refractivity contribution in [2.24, 2.45) is 0 Å². The van der Waals surface area contributed by atoms with Crippen LogP contribution in [0.5, 0.6) is 0 Å². The van der Waals surface area contributed by atoms with Crippen LogP contribution in [-0.4, -0.2) is 31.0 Å². The number of nitrogens with two attached hydrogens (primary N) is 1. The lowest BCUT2D eigenvalue weighted by Crippen LogP contribution is -2.11. The summed E-state index contributed by atoms with van der Waals surface area (Å²) in [6.07, 6.45) is 1.59. The van der Waals surface area contributed by atoms with Crippen molar-refractivity contribution in [3.8, 4) is 5.82 Å². The third-order valence-electron chi connectivity index (χ3n) is 1.83. The van der Waals surface area contributed by atoms with Gasteiger partial charge in [0.25, 0.3) is 0 Å². The maximum absolute atomic E-state index is 5.73. The number of hydrogen-bond donors (Lipinski definition) is 2. The molecule has 0 saturated carbocycles. The minimum Gasteiger partial charge on any atom is -0.368 e. The molecule has 2 aromatic rings. The summed E-state index contributed by atoms with van der Waals surface area (Å²) in [5, 5.41) is 14.9. The standard InChI is InChI=1S/C9H13N7/c1-6(2)12-9-13-8(10)16(15-9)7-4-3-5-11-14-7/h3-6H,1-2H3,(H3,10,12,13,15). The summed E-state index contributed by atoms with van der Waals surface area (Å²) in [5.41, 5.74) is 5.73. The number of nitrogens with zero attached hydrogens (tertiary/aromatic N) is 5. The Morgan fingerprint density at radius 2 is 2.25 bits per heavy atom. The molecular weight excluding hydrogens is 206 g/mol. The molecule has 84 valence electrons. The fraction of sp³-hybridized carbons (Fsp3) is 0.333. The Balaban J connectivity index is 2.32. The number of aromatic nitrogens is 5. The minimum atomic E-state index is 0.247. The van der Waals surface area contributed by atoms with Crippen LogP contribution in [0.25, 0.3) is 5.82 Å². The van der Waals surface area contributed by atoms with E-state index in [9.17, 15) is 0 Å². The van der Waals surface area contributed by atoms with Gasteiger partial charge in [-0.1, -0.05) is 0 Å². The van der Waals surface area contributed by atoms with Crippen LogP contribution in [0.2, 0.25) is 0 Å². The summed E-state index contributed by atoms with van der Waals surface area (Å²) >= 11 is 0. The largest absolute Gasteiger partial charge is 0.368 e.